The molecule has 4 saturated carbocycles. The van der Waals surface area contributed by atoms with E-state index in [1.165, 1.54) is 0 Å². The second-order valence-electron chi connectivity index (χ2n) is 10.8. The highest BCUT2D eigenvalue weighted by Crippen LogP contribution is 2.64. The second kappa shape index (κ2) is 9.94. The zero-order chi connectivity index (χ0) is 27.2. The van der Waals surface area contributed by atoms with Gasteiger partial charge < -0.3 is 23.7 Å². The van der Waals surface area contributed by atoms with E-state index in [4.69, 9.17) is 23.7 Å². The van der Waals surface area contributed by atoms with E-state index in [1.54, 1.807) is 6.92 Å². The van der Waals surface area contributed by atoms with Crippen LogP contribution in [0.5, 0.6) is 0 Å². The van der Waals surface area contributed by atoms with Gasteiger partial charge in [0.1, 0.15) is 24.7 Å². The lowest BCUT2D eigenvalue weighted by atomic mass is 9.51. The van der Waals surface area contributed by atoms with Crippen molar-refractivity contribution in [3.63, 3.8) is 0 Å². The minimum absolute atomic E-state index is 0.0366. The Balaban J connectivity index is 1.48. The SMILES string of the molecule is CCC(=O)OCC1OC2(OCC1COC(=O)CC(F)(F)F)C1CC3CC2CC(OC(=O)C(C)(F)F)(C3)C1. The molecule has 1 heterocycles. The Labute approximate surface area is 210 Å². The average Bonchev–Trinajstić information content (AvgIpc) is 2.77. The monoisotopic (exact) mass is 542 g/mol. The van der Waals surface area contributed by atoms with E-state index in [1.807, 2.05) is 0 Å². The fourth-order valence-electron chi connectivity index (χ4n) is 6.42. The highest BCUT2D eigenvalue weighted by molar-refractivity contribution is 5.77. The van der Waals surface area contributed by atoms with Crippen LogP contribution in [0.3, 0.4) is 0 Å². The van der Waals surface area contributed by atoms with Crippen LogP contribution in [0, 0.1) is 23.7 Å². The summed E-state index contributed by atoms with van der Waals surface area (Å²) in [6.07, 6.45) is -4.86. The van der Waals surface area contributed by atoms with Gasteiger partial charge >= 0.3 is 30.0 Å². The zero-order valence-corrected chi connectivity index (χ0v) is 20.6. The molecule has 0 N–H and O–H groups in total. The van der Waals surface area contributed by atoms with Crippen molar-refractivity contribution in [1.29, 1.82) is 0 Å². The van der Waals surface area contributed by atoms with E-state index in [0.29, 0.717) is 26.2 Å². The standard InChI is InChI=1S/C24H31F5O8/c1-3-18(30)34-12-17-14(10-33-19(31)9-23(27,28)29)11-35-24(36-17)15-4-13-5-16(24)8-22(6-13,7-15)37-20(32)21(2,25)26/h13-17H,3-12H2,1-2H3. The number of hydrogen-bond acceptors (Lipinski definition) is 8. The first-order valence-electron chi connectivity index (χ1n) is 12.5. The Kier molecular flexibility index (Phi) is 7.52. The van der Waals surface area contributed by atoms with Gasteiger partial charge in [-0.1, -0.05) is 6.92 Å². The number of hydrogen-bond donors (Lipinski definition) is 0. The van der Waals surface area contributed by atoms with Gasteiger partial charge in [0, 0.05) is 31.1 Å². The van der Waals surface area contributed by atoms with Gasteiger partial charge in [-0.15, -0.1) is 0 Å². The van der Waals surface area contributed by atoms with Gasteiger partial charge in [-0.25, -0.2) is 4.79 Å². The quantitative estimate of drug-likeness (QED) is 0.259. The average molecular weight is 542 g/mol. The molecule has 0 aromatic heterocycles. The maximum atomic E-state index is 13.6. The molecule has 4 aliphatic carbocycles. The molecule has 4 atom stereocenters. The van der Waals surface area contributed by atoms with Crippen LogP contribution in [-0.2, 0) is 38.1 Å². The summed E-state index contributed by atoms with van der Waals surface area (Å²) in [4.78, 5) is 35.4. The molecule has 210 valence electrons. The van der Waals surface area contributed by atoms with Crippen molar-refractivity contribution < 1.29 is 60.0 Å². The highest BCUT2D eigenvalue weighted by atomic mass is 19.4. The van der Waals surface area contributed by atoms with Crippen molar-refractivity contribution in [3.8, 4) is 0 Å². The highest BCUT2D eigenvalue weighted by Gasteiger charge is 2.67. The van der Waals surface area contributed by atoms with E-state index >= 15 is 0 Å². The summed E-state index contributed by atoms with van der Waals surface area (Å²) in [7, 11) is 0. The van der Waals surface area contributed by atoms with Gasteiger partial charge in [0.15, 0.2) is 5.79 Å². The van der Waals surface area contributed by atoms with Crippen LogP contribution in [0.1, 0.15) is 58.8 Å². The maximum Gasteiger partial charge on any atom is 0.399 e. The Bertz CT molecular complexity index is 885. The van der Waals surface area contributed by atoms with E-state index in [0.717, 1.165) is 0 Å². The molecule has 1 saturated heterocycles. The fourth-order valence-corrected chi connectivity index (χ4v) is 6.42. The Hall–Kier alpha value is -2.02. The van der Waals surface area contributed by atoms with Crippen LogP contribution in [0.4, 0.5) is 22.0 Å². The molecule has 0 aromatic rings. The fraction of sp³-hybridized carbons (Fsp3) is 0.875. The third kappa shape index (κ3) is 6.02. The molecule has 4 bridgehead atoms. The van der Waals surface area contributed by atoms with E-state index in [2.05, 4.69) is 0 Å². The number of esters is 3. The van der Waals surface area contributed by atoms with E-state index < -0.39 is 66.4 Å². The van der Waals surface area contributed by atoms with E-state index in [-0.39, 0.29) is 50.2 Å². The van der Waals surface area contributed by atoms with Crippen molar-refractivity contribution in [1.82, 2.24) is 0 Å². The van der Waals surface area contributed by atoms with Gasteiger partial charge in [0.05, 0.1) is 13.2 Å². The van der Waals surface area contributed by atoms with E-state index in [9.17, 15) is 36.3 Å². The summed E-state index contributed by atoms with van der Waals surface area (Å²) in [5.74, 6) is -9.46. The number of alkyl halides is 5. The molecule has 5 fully saturated rings. The summed E-state index contributed by atoms with van der Waals surface area (Å²) in [6.45, 7) is 1.41. The van der Waals surface area contributed by atoms with Crippen molar-refractivity contribution in [2.24, 2.45) is 23.7 Å². The molecule has 0 radical (unpaired) electrons. The van der Waals surface area contributed by atoms with Crippen LogP contribution >= 0.6 is 0 Å². The molecule has 13 heteroatoms. The normalized spacial score (nSPS) is 36.9. The molecule has 5 aliphatic rings. The first kappa shape index (κ1) is 28.0. The molecule has 4 unspecified atom stereocenters. The van der Waals surface area contributed by atoms with Crippen molar-refractivity contribution in [2.45, 2.75) is 88.4 Å². The third-order valence-corrected chi connectivity index (χ3v) is 7.82. The first-order chi connectivity index (χ1) is 17.1. The van der Waals surface area contributed by atoms with Gasteiger partial charge in [0.2, 0.25) is 0 Å². The third-order valence-electron chi connectivity index (χ3n) is 7.82. The number of ether oxygens (including phenoxy) is 5. The van der Waals surface area contributed by atoms with Crippen LogP contribution in [-0.4, -0.2) is 67.3 Å². The number of rotatable bonds is 8. The topological polar surface area (TPSA) is 97.4 Å². The maximum absolute atomic E-state index is 13.6. The molecular weight excluding hydrogens is 511 g/mol. The summed E-state index contributed by atoms with van der Waals surface area (Å²) in [6, 6.07) is 0. The number of halogens is 5. The lowest BCUT2D eigenvalue weighted by molar-refractivity contribution is -0.402. The minimum Gasteiger partial charge on any atom is -0.465 e. The molecule has 8 nitrogen and oxygen atoms in total. The van der Waals surface area contributed by atoms with Crippen LogP contribution in [0.25, 0.3) is 0 Å². The van der Waals surface area contributed by atoms with Crippen LogP contribution in [0.2, 0.25) is 0 Å². The molecule has 1 aliphatic heterocycles. The molecule has 0 aromatic carbocycles. The lowest BCUT2D eigenvalue weighted by Gasteiger charge is -2.65. The molecular formula is C24H31F5O8. The Morgan fingerprint density at radius 1 is 0.946 bits per heavy atom. The molecule has 0 amide bonds. The predicted octanol–water partition coefficient (Wildman–Crippen LogP) is 3.94. The first-order valence-corrected chi connectivity index (χ1v) is 12.5. The number of carbonyl (C=O) groups excluding carboxylic acids is 3. The van der Waals surface area contributed by atoms with Gasteiger partial charge in [0.25, 0.3) is 0 Å². The summed E-state index contributed by atoms with van der Waals surface area (Å²) in [5, 5.41) is 0. The second-order valence-corrected chi connectivity index (χ2v) is 10.8. The summed E-state index contributed by atoms with van der Waals surface area (Å²) < 4.78 is 92.7. The number of carbonyl (C=O) groups is 3. The molecule has 5 rings (SSSR count). The largest absolute Gasteiger partial charge is 0.465 e. The minimum atomic E-state index is -4.71. The molecule has 37 heavy (non-hydrogen) atoms. The predicted molar refractivity (Wildman–Crippen MR) is 113 cm³/mol. The lowest BCUT2D eigenvalue weighted by Crippen LogP contribution is -2.69. The summed E-state index contributed by atoms with van der Waals surface area (Å²) >= 11 is 0. The zero-order valence-electron chi connectivity index (χ0n) is 20.6. The van der Waals surface area contributed by atoms with Crippen LogP contribution < -0.4 is 0 Å². The summed E-state index contributed by atoms with van der Waals surface area (Å²) in [5.41, 5.74) is -1.04. The van der Waals surface area contributed by atoms with Crippen molar-refractivity contribution in [2.75, 3.05) is 19.8 Å². The smallest absolute Gasteiger partial charge is 0.399 e. The van der Waals surface area contributed by atoms with Gasteiger partial charge in [-0.2, -0.15) is 22.0 Å². The Morgan fingerprint density at radius 3 is 2.14 bits per heavy atom. The van der Waals surface area contributed by atoms with Crippen LogP contribution in [0.15, 0.2) is 0 Å². The van der Waals surface area contributed by atoms with Gasteiger partial charge in [-0.3, -0.25) is 9.59 Å². The van der Waals surface area contributed by atoms with Gasteiger partial charge in [-0.05, 0) is 38.0 Å². The Morgan fingerprint density at radius 2 is 1.57 bits per heavy atom. The van der Waals surface area contributed by atoms with Crippen molar-refractivity contribution >= 4 is 17.9 Å². The van der Waals surface area contributed by atoms with Crippen molar-refractivity contribution in [3.05, 3.63) is 0 Å². The molecule has 1 spiro atoms.